The molecule has 0 saturated carbocycles. The van der Waals surface area contributed by atoms with E-state index in [1.54, 1.807) is 25.1 Å². The number of thiazole rings is 1. The Hall–Kier alpha value is -1.60. The summed E-state index contributed by atoms with van der Waals surface area (Å²) in [6.45, 7) is 0. The molecule has 0 aliphatic carbocycles. The van der Waals surface area contributed by atoms with Crippen LogP contribution >= 0.6 is 23.1 Å². The molecule has 0 bridgehead atoms. The molecule has 0 spiro atoms. The van der Waals surface area contributed by atoms with E-state index in [2.05, 4.69) is 4.98 Å². The van der Waals surface area contributed by atoms with E-state index >= 15 is 0 Å². The number of thioether (sulfide) groups is 1. The van der Waals surface area contributed by atoms with Gasteiger partial charge in [-0.15, -0.1) is 23.1 Å². The number of carbonyl (C=O) groups is 1. The highest BCUT2D eigenvalue weighted by molar-refractivity contribution is 7.98. The van der Waals surface area contributed by atoms with Crippen molar-refractivity contribution in [2.45, 2.75) is 17.1 Å². The third kappa shape index (κ3) is 4.44. The fourth-order valence-corrected chi connectivity index (χ4v) is 3.32. The number of nitrogen functional groups attached to an aromatic ring is 1. The quantitative estimate of drug-likeness (QED) is 0.678. The van der Waals surface area contributed by atoms with E-state index in [1.807, 2.05) is 5.38 Å². The maximum atomic E-state index is 13.0. The van der Waals surface area contributed by atoms with Crippen molar-refractivity contribution in [3.63, 3.8) is 0 Å². The number of anilines is 1. The molecule has 0 fully saturated rings. The molecule has 0 saturated heterocycles. The predicted molar refractivity (Wildman–Crippen MR) is 84.9 cm³/mol. The maximum Gasteiger partial charge on any atom is 0.228 e. The number of likely N-dealkylation sites (N-methyl/N-ethyl adjacent to an activating group) is 1. The summed E-state index contributed by atoms with van der Waals surface area (Å²) in [6.07, 6.45) is 0.320. The minimum absolute atomic E-state index is 0.0336. The molecule has 21 heavy (non-hydrogen) atoms. The zero-order chi connectivity index (χ0) is 15.4. The van der Waals surface area contributed by atoms with E-state index in [4.69, 9.17) is 5.73 Å². The molecule has 112 valence electrons. The first-order valence-corrected chi connectivity index (χ1v) is 8.13. The Morgan fingerprint density at radius 2 is 2.24 bits per heavy atom. The van der Waals surface area contributed by atoms with Gasteiger partial charge in [0.1, 0.15) is 10.8 Å². The SMILES string of the molecule is CN(C)C(=O)Cc1nc(CSc2ccc(F)cc2N)cs1. The molecule has 2 aromatic rings. The van der Waals surface area contributed by atoms with Crippen LogP contribution in [-0.2, 0) is 17.0 Å². The van der Waals surface area contributed by atoms with Crippen molar-refractivity contribution < 1.29 is 9.18 Å². The minimum atomic E-state index is -0.338. The van der Waals surface area contributed by atoms with Gasteiger partial charge in [0.15, 0.2) is 0 Å². The minimum Gasteiger partial charge on any atom is -0.398 e. The van der Waals surface area contributed by atoms with Crippen LogP contribution in [0.5, 0.6) is 0 Å². The fraction of sp³-hybridized carbons (Fsp3) is 0.286. The van der Waals surface area contributed by atoms with E-state index < -0.39 is 0 Å². The summed E-state index contributed by atoms with van der Waals surface area (Å²) in [6, 6.07) is 4.36. The van der Waals surface area contributed by atoms with E-state index in [-0.39, 0.29) is 11.7 Å². The summed E-state index contributed by atoms with van der Waals surface area (Å²) < 4.78 is 13.0. The van der Waals surface area contributed by atoms with E-state index in [9.17, 15) is 9.18 Å². The van der Waals surface area contributed by atoms with Crippen molar-refractivity contribution >= 4 is 34.7 Å². The van der Waals surface area contributed by atoms with Gasteiger partial charge >= 0.3 is 0 Å². The first kappa shape index (κ1) is 15.8. The lowest BCUT2D eigenvalue weighted by molar-refractivity contribution is -0.127. The Morgan fingerprint density at radius 3 is 2.90 bits per heavy atom. The summed E-state index contributed by atoms with van der Waals surface area (Å²) >= 11 is 2.98. The van der Waals surface area contributed by atoms with Gasteiger partial charge in [-0.3, -0.25) is 4.79 Å². The summed E-state index contributed by atoms with van der Waals surface area (Å²) in [5.41, 5.74) is 7.09. The first-order chi connectivity index (χ1) is 9.95. The monoisotopic (exact) mass is 325 g/mol. The summed E-state index contributed by atoms with van der Waals surface area (Å²) in [5.74, 6) is 0.337. The van der Waals surface area contributed by atoms with Gasteiger partial charge in [0.25, 0.3) is 0 Å². The van der Waals surface area contributed by atoms with Crippen LogP contribution in [0.1, 0.15) is 10.7 Å². The zero-order valence-electron chi connectivity index (χ0n) is 11.8. The molecule has 0 aliphatic rings. The lowest BCUT2D eigenvalue weighted by atomic mass is 10.3. The summed E-state index contributed by atoms with van der Waals surface area (Å²) in [4.78, 5) is 18.4. The van der Waals surface area contributed by atoms with Gasteiger partial charge in [-0.2, -0.15) is 0 Å². The van der Waals surface area contributed by atoms with Crippen molar-refractivity contribution in [2.75, 3.05) is 19.8 Å². The second-order valence-corrected chi connectivity index (χ2v) is 6.63. The van der Waals surface area contributed by atoms with Gasteiger partial charge < -0.3 is 10.6 Å². The highest BCUT2D eigenvalue weighted by atomic mass is 32.2. The molecule has 1 heterocycles. The second kappa shape index (κ2) is 6.91. The summed E-state index contributed by atoms with van der Waals surface area (Å²) in [7, 11) is 3.45. The van der Waals surface area contributed by atoms with Gasteiger partial charge in [-0.25, -0.2) is 9.37 Å². The molecule has 0 radical (unpaired) electrons. The van der Waals surface area contributed by atoms with Crippen LogP contribution in [0.2, 0.25) is 0 Å². The number of halogens is 1. The van der Waals surface area contributed by atoms with Crippen molar-refractivity contribution in [2.24, 2.45) is 0 Å². The van der Waals surface area contributed by atoms with Crippen LogP contribution < -0.4 is 5.73 Å². The molecule has 1 aromatic heterocycles. The molecule has 4 nitrogen and oxygen atoms in total. The summed E-state index contributed by atoms with van der Waals surface area (Å²) in [5, 5.41) is 2.74. The van der Waals surface area contributed by atoms with Crippen LogP contribution in [0.3, 0.4) is 0 Å². The van der Waals surface area contributed by atoms with Gasteiger partial charge in [0.05, 0.1) is 12.1 Å². The molecule has 1 amide bonds. The van der Waals surface area contributed by atoms with Gasteiger partial charge in [0.2, 0.25) is 5.91 Å². The van der Waals surface area contributed by atoms with Crippen LogP contribution in [0.25, 0.3) is 0 Å². The number of carbonyl (C=O) groups excluding carboxylic acids is 1. The number of nitrogens with two attached hydrogens (primary N) is 1. The van der Waals surface area contributed by atoms with Gasteiger partial charge in [-0.05, 0) is 18.2 Å². The van der Waals surface area contributed by atoms with Crippen LogP contribution in [0, 0.1) is 5.82 Å². The molecular weight excluding hydrogens is 309 g/mol. The average molecular weight is 325 g/mol. The van der Waals surface area contributed by atoms with E-state index in [0.29, 0.717) is 17.9 Å². The Bertz CT molecular complexity index is 643. The molecule has 0 atom stereocenters. The van der Waals surface area contributed by atoms with Gasteiger partial charge in [0, 0.05) is 35.8 Å². The standard InChI is InChI=1S/C14H16FN3OS2/c1-18(2)14(19)6-13-17-10(8-21-13)7-20-12-4-3-9(15)5-11(12)16/h3-5,8H,6-7,16H2,1-2H3. The lowest BCUT2D eigenvalue weighted by Gasteiger charge is -2.07. The zero-order valence-corrected chi connectivity index (χ0v) is 13.4. The number of hydrogen-bond acceptors (Lipinski definition) is 5. The Labute approximate surface area is 131 Å². The molecule has 2 rings (SSSR count). The van der Waals surface area contributed by atoms with Crippen LogP contribution in [-0.4, -0.2) is 29.9 Å². The van der Waals surface area contributed by atoms with Crippen LogP contribution in [0.15, 0.2) is 28.5 Å². The highest BCUT2D eigenvalue weighted by Crippen LogP contribution is 2.29. The molecule has 7 heteroatoms. The smallest absolute Gasteiger partial charge is 0.228 e. The van der Waals surface area contributed by atoms with Crippen molar-refractivity contribution in [1.29, 1.82) is 0 Å². The number of aromatic nitrogens is 1. The van der Waals surface area contributed by atoms with Gasteiger partial charge in [-0.1, -0.05) is 0 Å². The number of rotatable bonds is 5. The second-order valence-electron chi connectivity index (χ2n) is 4.67. The molecule has 2 N–H and O–H groups in total. The van der Waals surface area contributed by atoms with Crippen molar-refractivity contribution in [3.8, 4) is 0 Å². The number of nitrogens with zero attached hydrogens (tertiary/aromatic N) is 2. The normalized spacial score (nSPS) is 10.6. The molecular formula is C14H16FN3OS2. The van der Waals surface area contributed by atoms with Crippen molar-refractivity contribution in [1.82, 2.24) is 9.88 Å². The Kier molecular flexibility index (Phi) is 5.19. The largest absolute Gasteiger partial charge is 0.398 e. The third-order valence-electron chi connectivity index (χ3n) is 2.75. The molecule has 0 aliphatic heterocycles. The Balaban J connectivity index is 1.95. The van der Waals surface area contributed by atoms with Crippen molar-refractivity contribution in [3.05, 3.63) is 40.1 Å². The predicted octanol–water partition coefficient (Wildman–Crippen LogP) is 2.79. The number of hydrogen-bond donors (Lipinski definition) is 1. The first-order valence-electron chi connectivity index (χ1n) is 6.27. The lowest BCUT2D eigenvalue weighted by Crippen LogP contribution is -2.23. The maximum absolute atomic E-state index is 13.0. The van der Waals surface area contributed by atoms with E-state index in [0.717, 1.165) is 15.6 Å². The molecule has 1 aromatic carbocycles. The third-order valence-corrected chi connectivity index (χ3v) is 4.77. The number of amides is 1. The average Bonchev–Trinajstić information content (AvgIpc) is 2.85. The fourth-order valence-electron chi connectivity index (χ4n) is 1.59. The molecule has 0 unspecified atom stereocenters. The topological polar surface area (TPSA) is 59.2 Å². The van der Waals surface area contributed by atoms with E-state index in [1.165, 1.54) is 35.2 Å². The highest BCUT2D eigenvalue weighted by Gasteiger charge is 2.10. The van der Waals surface area contributed by atoms with Crippen LogP contribution in [0.4, 0.5) is 10.1 Å². The number of benzene rings is 1. The Morgan fingerprint density at radius 1 is 1.48 bits per heavy atom.